The Labute approximate surface area is 127 Å². The van der Waals surface area contributed by atoms with Crippen LogP contribution in [-0.4, -0.2) is 17.1 Å². The molecule has 0 saturated carbocycles. The molecule has 2 aromatic rings. The van der Waals surface area contributed by atoms with Crippen LogP contribution < -0.4 is 9.64 Å². The van der Waals surface area contributed by atoms with Gasteiger partial charge < -0.3 is 9.84 Å². The highest BCUT2D eigenvalue weighted by Gasteiger charge is 2.29. The zero-order valence-corrected chi connectivity index (χ0v) is 12.1. The highest BCUT2D eigenvalue weighted by atomic mass is 16.5. The smallest absolute Gasteiger partial charge is 0.418 e. The van der Waals surface area contributed by atoms with Gasteiger partial charge in [-0.3, -0.25) is 4.79 Å². The second-order valence-corrected chi connectivity index (χ2v) is 5.17. The van der Waals surface area contributed by atoms with Crippen molar-refractivity contribution in [3.05, 3.63) is 53.6 Å². The van der Waals surface area contributed by atoms with Crippen LogP contribution in [0.3, 0.4) is 0 Å². The number of rotatable bonds is 2. The second kappa shape index (κ2) is 5.52. The summed E-state index contributed by atoms with van der Waals surface area (Å²) in [5.74, 6) is 0.990. The van der Waals surface area contributed by atoms with Gasteiger partial charge in [0.1, 0.15) is 11.5 Å². The zero-order chi connectivity index (χ0) is 15.7. The highest BCUT2D eigenvalue weighted by Crippen LogP contribution is 2.33. The number of hydrogen-bond donors (Lipinski definition) is 1. The maximum Gasteiger partial charge on any atom is 0.418 e. The van der Waals surface area contributed by atoms with Gasteiger partial charge in [0.2, 0.25) is 5.91 Å². The Morgan fingerprint density at radius 1 is 1.18 bits per heavy atom. The van der Waals surface area contributed by atoms with Gasteiger partial charge in [-0.2, -0.15) is 0 Å². The van der Waals surface area contributed by atoms with E-state index in [0.717, 1.165) is 21.8 Å². The van der Waals surface area contributed by atoms with E-state index in [2.05, 4.69) is 0 Å². The molecule has 0 aromatic heterocycles. The third kappa shape index (κ3) is 2.53. The molecule has 0 saturated heterocycles. The number of nitrogens with zero attached hydrogens (tertiary/aromatic N) is 1. The van der Waals surface area contributed by atoms with Crippen molar-refractivity contribution in [2.24, 2.45) is 0 Å². The normalized spacial score (nSPS) is 13.7. The van der Waals surface area contributed by atoms with Crippen molar-refractivity contribution in [3.8, 4) is 11.5 Å². The molecule has 1 N–H and O–H groups in total. The molecule has 2 aromatic carbocycles. The molecule has 0 atom stereocenters. The van der Waals surface area contributed by atoms with Crippen LogP contribution in [-0.2, 0) is 11.2 Å². The summed E-state index contributed by atoms with van der Waals surface area (Å²) in [6, 6.07) is 12.8. The van der Waals surface area contributed by atoms with E-state index in [-0.39, 0.29) is 6.42 Å². The van der Waals surface area contributed by atoms with E-state index >= 15 is 0 Å². The number of carbonyl (C=O) groups is 2. The molecular formula is C17H15NO4. The predicted octanol–water partition coefficient (Wildman–Crippen LogP) is 3.74. The molecule has 1 heterocycles. The number of hydrogen-bond acceptors (Lipinski definition) is 3. The molecule has 5 nitrogen and oxygen atoms in total. The van der Waals surface area contributed by atoms with Gasteiger partial charge in [-0.15, -0.1) is 0 Å². The van der Waals surface area contributed by atoms with Crippen molar-refractivity contribution in [3.63, 3.8) is 0 Å². The van der Waals surface area contributed by atoms with Crippen molar-refractivity contribution in [1.29, 1.82) is 0 Å². The van der Waals surface area contributed by atoms with Gasteiger partial charge in [-0.05, 0) is 48.7 Å². The number of benzene rings is 2. The maximum absolute atomic E-state index is 11.7. The first-order valence-electron chi connectivity index (χ1n) is 6.98. The van der Waals surface area contributed by atoms with E-state index in [1.54, 1.807) is 18.2 Å². The SMILES string of the molecule is Cc1ccccc1Oc1ccc2c(c1)CCC(=O)N2C(=O)O. The minimum atomic E-state index is -1.25. The fourth-order valence-electron chi connectivity index (χ4n) is 2.54. The number of ether oxygens (including phenoxy) is 1. The summed E-state index contributed by atoms with van der Waals surface area (Å²) in [7, 11) is 0. The lowest BCUT2D eigenvalue weighted by Crippen LogP contribution is -2.39. The van der Waals surface area contributed by atoms with Crippen molar-refractivity contribution in [1.82, 2.24) is 0 Å². The van der Waals surface area contributed by atoms with Crippen molar-refractivity contribution >= 4 is 17.7 Å². The summed E-state index contributed by atoms with van der Waals surface area (Å²) in [4.78, 5) is 23.8. The van der Waals surface area contributed by atoms with E-state index in [1.165, 1.54) is 0 Å². The molecule has 0 radical (unpaired) electrons. The Kier molecular flexibility index (Phi) is 3.55. The standard InChI is InChI=1S/C17H15NO4/c1-11-4-2-3-5-15(11)22-13-7-8-14-12(10-13)6-9-16(19)18(14)17(20)21/h2-5,7-8,10H,6,9H2,1H3,(H,20,21). The minimum absolute atomic E-state index is 0.188. The number of anilines is 1. The van der Waals surface area contributed by atoms with Crippen molar-refractivity contribution < 1.29 is 19.4 Å². The highest BCUT2D eigenvalue weighted by molar-refractivity contribution is 6.13. The molecule has 5 heteroatoms. The molecule has 1 aliphatic heterocycles. The molecule has 0 spiro atoms. The van der Waals surface area contributed by atoms with Crippen LogP contribution in [0.1, 0.15) is 17.5 Å². The molecule has 0 unspecified atom stereocenters. The average molecular weight is 297 g/mol. The monoisotopic (exact) mass is 297 g/mol. The Morgan fingerprint density at radius 2 is 1.95 bits per heavy atom. The number of carboxylic acid groups (broad SMARTS) is 1. The van der Waals surface area contributed by atoms with Gasteiger partial charge >= 0.3 is 6.09 Å². The van der Waals surface area contributed by atoms with E-state index < -0.39 is 12.0 Å². The van der Waals surface area contributed by atoms with E-state index in [0.29, 0.717) is 17.9 Å². The lowest BCUT2D eigenvalue weighted by Gasteiger charge is -2.25. The zero-order valence-electron chi connectivity index (χ0n) is 12.1. The van der Waals surface area contributed by atoms with Crippen LogP contribution in [0.15, 0.2) is 42.5 Å². The molecule has 1 aliphatic rings. The van der Waals surface area contributed by atoms with E-state index in [9.17, 15) is 14.7 Å². The van der Waals surface area contributed by atoms with Crippen LogP contribution in [0.5, 0.6) is 11.5 Å². The topological polar surface area (TPSA) is 66.8 Å². The third-order valence-corrected chi connectivity index (χ3v) is 3.66. The number of para-hydroxylation sites is 1. The van der Waals surface area contributed by atoms with Crippen molar-refractivity contribution in [2.45, 2.75) is 19.8 Å². The van der Waals surface area contributed by atoms with Crippen LogP contribution in [0, 0.1) is 6.92 Å². The fourth-order valence-corrected chi connectivity index (χ4v) is 2.54. The summed E-state index contributed by atoms with van der Waals surface area (Å²) in [5, 5.41) is 9.17. The lowest BCUT2D eigenvalue weighted by molar-refractivity contribution is -0.118. The molecule has 3 rings (SSSR count). The van der Waals surface area contributed by atoms with Crippen molar-refractivity contribution in [2.75, 3.05) is 4.90 Å². The summed E-state index contributed by atoms with van der Waals surface area (Å²) in [6.07, 6.45) is -0.547. The molecule has 0 aliphatic carbocycles. The Bertz CT molecular complexity index is 754. The van der Waals surface area contributed by atoms with Gasteiger partial charge in [0.25, 0.3) is 0 Å². The lowest BCUT2D eigenvalue weighted by atomic mass is 10.0. The maximum atomic E-state index is 11.7. The quantitative estimate of drug-likeness (QED) is 0.916. The van der Waals surface area contributed by atoms with E-state index in [4.69, 9.17) is 4.74 Å². The number of amides is 2. The average Bonchev–Trinajstić information content (AvgIpc) is 2.49. The number of fused-ring (bicyclic) bond motifs is 1. The molecule has 22 heavy (non-hydrogen) atoms. The number of carbonyl (C=O) groups excluding carboxylic acids is 1. The van der Waals surface area contributed by atoms with Crippen LogP contribution in [0.25, 0.3) is 0 Å². The summed E-state index contributed by atoms with van der Waals surface area (Å²) in [6.45, 7) is 1.96. The van der Waals surface area contributed by atoms with Crippen LogP contribution >= 0.6 is 0 Å². The minimum Gasteiger partial charge on any atom is -0.464 e. The summed E-state index contributed by atoms with van der Waals surface area (Å²) >= 11 is 0. The third-order valence-electron chi connectivity index (χ3n) is 3.66. The molecule has 112 valence electrons. The Balaban J connectivity index is 1.93. The van der Waals surface area contributed by atoms with Gasteiger partial charge in [0.05, 0.1) is 5.69 Å². The first-order valence-corrected chi connectivity index (χ1v) is 6.98. The van der Waals surface area contributed by atoms with E-state index in [1.807, 2.05) is 31.2 Å². The van der Waals surface area contributed by atoms with Crippen LogP contribution in [0.4, 0.5) is 10.5 Å². The molecular weight excluding hydrogens is 282 g/mol. The van der Waals surface area contributed by atoms with Crippen LogP contribution in [0.2, 0.25) is 0 Å². The van der Waals surface area contributed by atoms with Gasteiger partial charge in [0, 0.05) is 6.42 Å². The molecule has 0 bridgehead atoms. The Morgan fingerprint density at radius 3 is 2.68 bits per heavy atom. The first kappa shape index (κ1) is 14.1. The molecule has 0 fully saturated rings. The van der Waals surface area contributed by atoms with Gasteiger partial charge in [0.15, 0.2) is 0 Å². The van der Waals surface area contributed by atoms with Gasteiger partial charge in [-0.25, -0.2) is 9.69 Å². The number of aryl methyl sites for hydroxylation is 2. The predicted molar refractivity (Wildman–Crippen MR) is 81.5 cm³/mol. The Hall–Kier alpha value is -2.82. The summed E-state index contributed by atoms with van der Waals surface area (Å²) < 4.78 is 5.85. The molecule has 2 amide bonds. The number of imide groups is 1. The summed E-state index contributed by atoms with van der Waals surface area (Å²) in [5.41, 5.74) is 2.23. The largest absolute Gasteiger partial charge is 0.464 e. The fraction of sp³-hybridized carbons (Fsp3) is 0.176. The first-order chi connectivity index (χ1) is 10.6. The van der Waals surface area contributed by atoms with Gasteiger partial charge in [-0.1, -0.05) is 18.2 Å². The second-order valence-electron chi connectivity index (χ2n) is 5.17.